The van der Waals surface area contributed by atoms with Crippen molar-refractivity contribution in [1.82, 2.24) is 20.9 Å². The van der Waals surface area contributed by atoms with E-state index in [-0.39, 0.29) is 49.5 Å². The summed E-state index contributed by atoms with van der Waals surface area (Å²) in [6, 6.07) is 3.31. The minimum Gasteiger partial charge on any atom is -0.483 e. The average molecular weight is 563 g/mol. The Bertz CT molecular complexity index is 1150. The highest BCUT2D eigenvalue weighted by Gasteiger charge is 2.46. The Hall–Kier alpha value is -4.04. The fraction of sp³-hybridized carbons (Fsp3) is 0.538. The van der Waals surface area contributed by atoms with Crippen LogP contribution in [0.25, 0.3) is 0 Å². The van der Waals surface area contributed by atoms with Gasteiger partial charge in [-0.1, -0.05) is 6.07 Å². The Morgan fingerprint density at radius 3 is 2.30 bits per heavy atom. The van der Waals surface area contributed by atoms with Crippen LogP contribution in [-0.2, 0) is 28.6 Å². The molecule has 0 aliphatic carbocycles. The minimum absolute atomic E-state index is 0.0113. The Morgan fingerprint density at radius 1 is 0.975 bits per heavy atom. The van der Waals surface area contributed by atoms with Gasteiger partial charge < -0.3 is 29.6 Å². The number of carbonyl (C=O) groups excluding carboxylic acids is 6. The molecule has 2 aliphatic rings. The first kappa shape index (κ1) is 30.5. The molecular weight excluding hydrogens is 528 g/mol. The second kappa shape index (κ2) is 13.8. The van der Waals surface area contributed by atoms with Crippen LogP contribution in [0.3, 0.4) is 0 Å². The van der Waals surface area contributed by atoms with Gasteiger partial charge in [-0.05, 0) is 39.3 Å². The smallest absolute Gasteiger partial charge is 0.407 e. The number of piperidine rings is 1. The van der Waals surface area contributed by atoms with Crippen molar-refractivity contribution in [2.75, 3.05) is 46.1 Å². The van der Waals surface area contributed by atoms with E-state index in [0.717, 1.165) is 4.90 Å². The van der Waals surface area contributed by atoms with Gasteiger partial charge in [0.15, 0.2) is 6.61 Å². The number of ether oxygens (including phenoxy) is 4. The van der Waals surface area contributed by atoms with Crippen LogP contribution < -0.4 is 20.7 Å². The predicted molar refractivity (Wildman–Crippen MR) is 137 cm³/mol. The molecule has 14 heteroatoms. The van der Waals surface area contributed by atoms with Crippen LogP contribution >= 0.6 is 0 Å². The van der Waals surface area contributed by atoms with Crippen molar-refractivity contribution >= 4 is 35.6 Å². The van der Waals surface area contributed by atoms with Gasteiger partial charge >= 0.3 is 6.09 Å². The molecule has 1 saturated heterocycles. The fourth-order valence-electron chi connectivity index (χ4n) is 3.92. The number of benzene rings is 1. The monoisotopic (exact) mass is 562 g/mol. The summed E-state index contributed by atoms with van der Waals surface area (Å²) in [6.45, 7) is 6.51. The number of imide groups is 2. The number of amides is 6. The van der Waals surface area contributed by atoms with Gasteiger partial charge in [0.05, 0.1) is 37.6 Å². The van der Waals surface area contributed by atoms with Crippen LogP contribution in [-0.4, -0.2) is 98.3 Å². The van der Waals surface area contributed by atoms with Crippen LogP contribution in [0.2, 0.25) is 0 Å². The number of hydrogen-bond acceptors (Lipinski definition) is 10. The van der Waals surface area contributed by atoms with Crippen LogP contribution in [0.15, 0.2) is 18.2 Å². The molecule has 218 valence electrons. The van der Waals surface area contributed by atoms with Crippen molar-refractivity contribution in [1.29, 1.82) is 0 Å². The number of nitrogens with one attached hydrogen (secondary N) is 3. The van der Waals surface area contributed by atoms with E-state index < -0.39 is 53.9 Å². The SMILES string of the molecule is CC(C)(C)OC(=O)NCCOCCOCCNC(=O)COc1cccc2c1C(=O)N(C1CCC(=O)NC1=O)C2=O. The number of nitrogens with zero attached hydrogens (tertiary/aromatic N) is 1. The van der Waals surface area contributed by atoms with E-state index >= 15 is 0 Å². The Balaban J connectivity index is 1.33. The van der Waals surface area contributed by atoms with Gasteiger partial charge in [-0.15, -0.1) is 0 Å². The molecular formula is C26H34N4O10. The van der Waals surface area contributed by atoms with Crippen molar-refractivity contribution in [3.8, 4) is 5.75 Å². The van der Waals surface area contributed by atoms with Crippen molar-refractivity contribution in [3.63, 3.8) is 0 Å². The molecule has 1 fully saturated rings. The second-order valence-electron chi connectivity index (χ2n) is 9.92. The largest absolute Gasteiger partial charge is 0.483 e. The van der Waals surface area contributed by atoms with Crippen LogP contribution in [0.5, 0.6) is 5.75 Å². The summed E-state index contributed by atoms with van der Waals surface area (Å²) in [5.74, 6) is -2.99. The van der Waals surface area contributed by atoms with Gasteiger partial charge in [0.2, 0.25) is 11.8 Å². The van der Waals surface area contributed by atoms with E-state index in [1.807, 2.05) is 0 Å². The second-order valence-corrected chi connectivity index (χ2v) is 9.92. The third-order valence-electron chi connectivity index (χ3n) is 5.64. The molecule has 1 atom stereocenters. The summed E-state index contributed by atoms with van der Waals surface area (Å²) in [5.41, 5.74) is -0.540. The molecule has 0 aromatic heterocycles. The molecule has 3 N–H and O–H groups in total. The molecule has 1 aromatic rings. The maximum absolute atomic E-state index is 13.0. The van der Waals surface area contributed by atoms with Crippen molar-refractivity contribution in [2.24, 2.45) is 0 Å². The molecule has 2 aliphatic heterocycles. The molecule has 0 radical (unpaired) electrons. The maximum atomic E-state index is 13.0. The third kappa shape index (κ3) is 8.48. The van der Waals surface area contributed by atoms with E-state index in [1.54, 1.807) is 20.8 Å². The third-order valence-corrected chi connectivity index (χ3v) is 5.64. The zero-order valence-electron chi connectivity index (χ0n) is 22.7. The minimum atomic E-state index is -1.10. The molecule has 3 rings (SSSR count). The summed E-state index contributed by atoms with van der Waals surface area (Å²) in [5, 5.41) is 7.33. The number of rotatable bonds is 13. The van der Waals surface area contributed by atoms with E-state index in [1.165, 1.54) is 18.2 Å². The fourth-order valence-corrected chi connectivity index (χ4v) is 3.92. The van der Waals surface area contributed by atoms with Gasteiger partial charge in [-0.2, -0.15) is 0 Å². The Labute approximate surface area is 231 Å². The van der Waals surface area contributed by atoms with Crippen molar-refractivity contribution in [3.05, 3.63) is 29.3 Å². The first-order valence-electron chi connectivity index (χ1n) is 12.8. The summed E-state index contributed by atoms with van der Waals surface area (Å²) < 4.78 is 21.3. The van der Waals surface area contributed by atoms with Gasteiger partial charge in [0, 0.05) is 19.5 Å². The lowest BCUT2D eigenvalue weighted by Gasteiger charge is -2.27. The summed E-state index contributed by atoms with van der Waals surface area (Å²) in [6.07, 6.45) is -0.468. The van der Waals surface area contributed by atoms with Gasteiger partial charge in [0.1, 0.15) is 17.4 Å². The number of carbonyl (C=O) groups is 6. The first-order chi connectivity index (χ1) is 19.0. The quantitative estimate of drug-likeness (QED) is 0.221. The Morgan fingerprint density at radius 2 is 1.65 bits per heavy atom. The highest BCUT2D eigenvalue weighted by Crippen LogP contribution is 2.33. The van der Waals surface area contributed by atoms with Crippen molar-refractivity contribution < 1.29 is 47.7 Å². The standard InChI is InChI=1S/C26H34N4O10/c1-26(2,3)40-25(36)28-10-12-38-14-13-37-11-9-27-20(32)15-39-18-6-4-5-16-21(18)24(35)30(23(16)34)17-7-8-19(31)29-22(17)33/h4-6,17H,7-15H2,1-3H3,(H,27,32)(H,28,36)(H,29,31,33). The van der Waals surface area contributed by atoms with E-state index in [9.17, 15) is 28.8 Å². The normalized spacial score (nSPS) is 16.9. The molecule has 6 amide bonds. The average Bonchev–Trinajstić information content (AvgIpc) is 3.13. The van der Waals surface area contributed by atoms with E-state index in [4.69, 9.17) is 18.9 Å². The zero-order valence-corrected chi connectivity index (χ0v) is 22.7. The summed E-state index contributed by atoms with van der Waals surface area (Å²) in [7, 11) is 0. The highest BCUT2D eigenvalue weighted by molar-refractivity contribution is 6.24. The maximum Gasteiger partial charge on any atom is 0.407 e. The number of alkyl carbamates (subject to hydrolysis) is 1. The van der Waals surface area contributed by atoms with Crippen LogP contribution in [0, 0.1) is 0 Å². The summed E-state index contributed by atoms with van der Waals surface area (Å²) in [4.78, 5) is 74.1. The lowest BCUT2D eigenvalue weighted by Crippen LogP contribution is -2.54. The number of hydrogen-bond donors (Lipinski definition) is 3. The van der Waals surface area contributed by atoms with E-state index in [0.29, 0.717) is 19.8 Å². The first-order valence-corrected chi connectivity index (χ1v) is 12.8. The lowest BCUT2D eigenvalue weighted by atomic mass is 10.0. The predicted octanol–water partition coefficient (Wildman–Crippen LogP) is 0.141. The van der Waals surface area contributed by atoms with Crippen LogP contribution in [0.4, 0.5) is 4.79 Å². The Kier molecular flexibility index (Phi) is 10.6. The molecule has 0 spiro atoms. The molecule has 0 bridgehead atoms. The topological polar surface area (TPSA) is 179 Å². The van der Waals surface area contributed by atoms with Crippen LogP contribution in [0.1, 0.15) is 54.3 Å². The number of fused-ring (bicyclic) bond motifs is 1. The molecule has 0 saturated carbocycles. The molecule has 14 nitrogen and oxygen atoms in total. The van der Waals surface area contributed by atoms with Gasteiger partial charge in [0.25, 0.3) is 17.7 Å². The highest BCUT2D eigenvalue weighted by atomic mass is 16.6. The van der Waals surface area contributed by atoms with Gasteiger partial charge in [-0.25, -0.2) is 4.79 Å². The van der Waals surface area contributed by atoms with Gasteiger partial charge in [-0.3, -0.25) is 34.2 Å². The zero-order chi connectivity index (χ0) is 29.3. The molecule has 40 heavy (non-hydrogen) atoms. The summed E-state index contributed by atoms with van der Waals surface area (Å²) >= 11 is 0. The molecule has 1 unspecified atom stereocenters. The van der Waals surface area contributed by atoms with E-state index in [2.05, 4.69) is 16.0 Å². The van der Waals surface area contributed by atoms with Crippen molar-refractivity contribution in [2.45, 2.75) is 45.3 Å². The molecule has 2 heterocycles. The lowest BCUT2D eigenvalue weighted by molar-refractivity contribution is -0.136. The molecule has 1 aromatic carbocycles.